The molecule has 40 heavy (non-hydrogen) atoms. The molecule has 0 radical (unpaired) electrons. The Morgan fingerprint density at radius 2 is 1.93 bits per heavy atom. The third kappa shape index (κ3) is 7.96. The van der Waals surface area contributed by atoms with Gasteiger partial charge in [0.2, 0.25) is 5.96 Å². The number of halogens is 3. The van der Waals surface area contributed by atoms with Gasteiger partial charge in [-0.1, -0.05) is 18.2 Å². The number of nitriles is 1. The Morgan fingerprint density at radius 3 is 2.55 bits per heavy atom. The topological polar surface area (TPSA) is 99.8 Å². The third-order valence-electron chi connectivity index (χ3n) is 5.97. The highest BCUT2D eigenvalue weighted by Gasteiger charge is 2.31. The number of guanidine groups is 1. The number of aliphatic imine (C=N–C) groups is 1. The number of alkyl halides is 3. The van der Waals surface area contributed by atoms with Crippen LogP contribution in [0.4, 0.5) is 13.2 Å². The molecule has 0 amide bonds. The van der Waals surface area contributed by atoms with Gasteiger partial charge in [0.05, 0.1) is 37.9 Å². The first kappa shape index (κ1) is 30.0. The van der Waals surface area contributed by atoms with Crippen LogP contribution < -0.4 is 10.1 Å². The second-order valence-corrected chi connectivity index (χ2v) is 8.60. The predicted octanol–water partition coefficient (Wildman–Crippen LogP) is 5.33. The second kappa shape index (κ2) is 14.0. The van der Waals surface area contributed by atoms with Crippen molar-refractivity contribution in [1.82, 2.24) is 15.2 Å². The molecule has 0 aliphatic carbocycles. The van der Waals surface area contributed by atoms with Crippen molar-refractivity contribution in [3.63, 3.8) is 0 Å². The Balaban J connectivity index is 2.08. The lowest BCUT2D eigenvalue weighted by Crippen LogP contribution is -2.39. The van der Waals surface area contributed by atoms with Crippen LogP contribution in [0.15, 0.2) is 65.8 Å². The normalized spacial score (nSPS) is 11.5. The van der Waals surface area contributed by atoms with Crippen LogP contribution in [0.1, 0.15) is 36.2 Å². The Labute approximate surface area is 231 Å². The SMILES string of the molecule is CCOC(=O)Cc1ccc(OC)c(-c2ccc(C(F)(F)F)cc2CN(CC)C(=NCc2ccccn2)NC#N)c1. The molecule has 0 atom stereocenters. The standard InChI is InChI=1S/C29H30F3N5O3/c1-4-37(28(36-19-33)35-17-23-8-6-7-13-34-23)18-21-16-22(29(30,31)32)10-11-24(21)25-14-20(9-12-26(25)39-3)15-27(38)40-5-2/h6-14,16H,4-5,15,17-18H2,1-3H3,(H,35,36). The molecule has 1 heterocycles. The number of esters is 1. The van der Waals surface area contributed by atoms with E-state index in [1.165, 1.54) is 13.2 Å². The Hall–Kier alpha value is -4.59. The van der Waals surface area contributed by atoms with Crippen molar-refractivity contribution in [2.24, 2.45) is 4.99 Å². The maximum atomic E-state index is 13.8. The minimum atomic E-state index is -4.57. The zero-order chi connectivity index (χ0) is 29.1. The van der Waals surface area contributed by atoms with E-state index in [9.17, 15) is 23.2 Å². The van der Waals surface area contributed by atoms with Gasteiger partial charge >= 0.3 is 12.1 Å². The van der Waals surface area contributed by atoms with Gasteiger partial charge in [-0.25, -0.2) is 4.99 Å². The number of methoxy groups -OCH3 is 1. The van der Waals surface area contributed by atoms with Gasteiger partial charge in [0.1, 0.15) is 5.75 Å². The number of carbonyl (C=O) groups is 1. The number of pyridine rings is 1. The molecule has 0 saturated carbocycles. The minimum absolute atomic E-state index is 0.00168. The molecule has 0 unspecified atom stereocenters. The molecule has 3 rings (SSSR count). The number of hydrogen-bond acceptors (Lipinski definition) is 6. The van der Waals surface area contributed by atoms with Gasteiger partial charge in [0, 0.05) is 24.8 Å². The molecule has 0 aliphatic heterocycles. The van der Waals surface area contributed by atoms with Crippen LogP contribution in [-0.2, 0) is 35.2 Å². The number of aromatic nitrogens is 1. The maximum absolute atomic E-state index is 13.8. The molecule has 0 bridgehead atoms. The van der Waals surface area contributed by atoms with E-state index in [0.29, 0.717) is 40.2 Å². The lowest BCUT2D eigenvalue weighted by Gasteiger charge is -2.26. The van der Waals surface area contributed by atoms with Crippen molar-refractivity contribution in [3.05, 3.63) is 83.2 Å². The molecule has 3 aromatic rings. The van der Waals surface area contributed by atoms with Crippen LogP contribution in [-0.4, -0.2) is 42.1 Å². The van der Waals surface area contributed by atoms with Crippen LogP contribution in [0.3, 0.4) is 0 Å². The number of hydrogen-bond donors (Lipinski definition) is 1. The van der Waals surface area contributed by atoms with E-state index in [1.54, 1.807) is 48.4 Å². The van der Waals surface area contributed by atoms with Gasteiger partial charge in [-0.15, -0.1) is 0 Å². The summed E-state index contributed by atoms with van der Waals surface area (Å²) >= 11 is 0. The zero-order valence-electron chi connectivity index (χ0n) is 22.5. The minimum Gasteiger partial charge on any atom is -0.496 e. The lowest BCUT2D eigenvalue weighted by molar-refractivity contribution is -0.142. The summed E-state index contributed by atoms with van der Waals surface area (Å²) in [6.45, 7) is 4.25. The van der Waals surface area contributed by atoms with E-state index in [1.807, 2.05) is 19.2 Å². The molecule has 0 fully saturated rings. The van der Waals surface area contributed by atoms with Crippen molar-refractivity contribution in [2.45, 2.75) is 39.5 Å². The van der Waals surface area contributed by atoms with Gasteiger partial charge in [0.15, 0.2) is 6.19 Å². The number of ether oxygens (including phenoxy) is 2. The number of carbonyl (C=O) groups excluding carboxylic acids is 1. The van der Waals surface area contributed by atoms with Crippen LogP contribution in [0.5, 0.6) is 5.75 Å². The highest BCUT2D eigenvalue weighted by Crippen LogP contribution is 2.38. The fourth-order valence-electron chi connectivity index (χ4n) is 4.08. The quantitative estimate of drug-likeness (QED) is 0.119. The molecule has 1 aromatic heterocycles. The van der Waals surface area contributed by atoms with E-state index in [0.717, 1.165) is 12.1 Å². The van der Waals surface area contributed by atoms with E-state index in [2.05, 4.69) is 15.3 Å². The second-order valence-electron chi connectivity index (χ2n) is 8.60. The molecule has 2 aromatic carbocycles. The van der Waals surface area contributed by atoms with Gasteiger partial charge < -0.3 is 14.4 Å². The third-order valence-corrected chi connectivity index (χ3v) is 5.97. The molecule has 1 N–H and O–H groups in total. The number of nitrogens with zero attached hydrogens (tertiary/aromatic N) is 4. The smallest absolute Gasteiger partial charge is 0.416 e. The zero-order valence-corrected chi connectivity index (χ0v) is 22.5. The van der Waals surface area contributed by atoms with Gasteiger partial charge in [-0.05, 0) is 66.9 Å². The summed E-state index contributed by atoms with van der Waals surface area (Å²) in [4.78, 5) is 22.4. The van der Waals surface area contributed by atoms with Gasteiger partial charge in [0.25, 0.3) is 0 Å². The van der Waals surface area contributed by atoms with E-state index < -0.39 is 17.7 Å². The number of rotatable bonds is 10. The lowest BCUT2D eigenvalue weighted by atomic mass is 9.94. The summed E-state index contributed by atoms with van der Waals surface area (Å²) in [6, 6.07) is 13.9. The first-order chi connectivity index (χ1) is 19.2. The Kier molecular flexibility index (Phi) is 10.5. The van der Waals surface area contributed by atoms with Crippen molar-refractivity contribution in [3.8, 4) is 23.1 Å². The average Bonchev–Trinajstić information content (AvgIpc) is 2.94. The summed E-state index contributed by atoms with van der Waals surface area (Å²) < 4.78 is 51.8. The summed E-state index contributed by atoms with van der Waals surface area (Å²) in [7, 11) is 1.46. The van der Waals surface area contributed by atoms with E-state index >= 15 is 0 Å². The largest absolute Gasteiger partial charge is 0.496 e. The van der Waals surface area contributed by atoms with Crippen LogP contribution in [0.2, 0.25) is 0 Å². The molecule has 11 heteroatoms. The van der Waals surface area contributed by atoms with Crippen LogP contribution in [0, 0.1) is 11.5 Å². The molecule has 8 nitrogen and oxygen atoms in total. The molecular formula is C29H30F3N5O3. The number of benzene rings is 2. The molecule has 210 valence electrons. The molecule has 0 spiro atoms. The van der Waals surface area contributed by atoms with Gasteiger partial charge in [-0.3, -0.25) is 15.1 Å². The first-order valence-electron chi connectivity index (χ1n) is 12.6. The summed E-state index contributed by atoms with van der Waals surface area (Å²) in [5, 5.41) is 11.9. The Bertz CT molecular complexity index is 1370. The maximum Gasteiger partial charge on any atom is 0.416 e. The monoisotopic (exact) mass is 553 g/mol. The van der Waals surface area contributed by atoms with Crippen molar-refractivity contribution >= 4 is 11.9 Å². The van der Waals surface area contributed by atoms with E-state index in [4.69, 9.17) is 9.47 Å². The average molecular weight is 554 g/mol. The van der Waals surface area contributed by atoms with Crippen molar-refractivity contribution in [2.75, 3.05) is 20.3 Å². The first-order valence-corrected chi connectivity index (χ1v) is 12.6. The summed E-state index contributed by atoms with van der Waals surface area (Å²) in [5.41, 5.74) is 1.80. The van der Waals surface area contributed by atoms with Crippen LogP contribution >= 0.6 is 0 Å². The van der Waals surface area contributed by atoms with Crippen molar-refractivity contribution in [1.29, 1.82) is 5.26 Å². The van der Waals surface area contributed by atoms with Gasteiger partial charge in [-0.2, -0.15) is 18.4 Å². The Morgan fingerprint density at radius 1 is 1.12 bits per heavy atom. The molecule has 0 aliphatic rings. The summed E-state index contributed by atoms with van der Waals surface area (Å²) in [6.07, 6.45) is -1.09. The molecular weight excluding hydrogens is 523 g/mol. The summed E-state index contributed by atoms with van der Waals surface area (Å²) in [5.74, 6) is 0.206. The van der Waals surface area contributed by atoms with E-state index in [-0.39, 0.29) is 32.1 Å². The fourth-order valence-corrected chi connectivity index (χ4v) is 4.08. The van der Waals surface area contributed by atoms with Crippen LogP contribution in [0.25, 0.3) is 11.1 Å². The highest BCUT2D eigenvalue weighted by atomic mass is 19.4. The van der Waals surface area contributed by atoms with Crippen molar-refractivity contribution < 1.29 is 27.4 Å². The predicted molar refractivity (Wildman–Crippen MR) is 144 cm³/mol. The highest BCUT2D eigenvalue weighted by molar-refractivity contribution is 5.82. The number of nitrogens with one attached hydrogen (secondary N) is 1. The fraction of sp³-hybridized carbons (Fsp3) is 0.310. The molecule has 0 saturated heterocycles.